The summed E-state index contributed by atoms with van der Waals surface area (Å²) in [5.74, 6) is -1.51. The summed E-state index contributed by atoms with van der Waals surface area (Å²) in [4.78, 5) is 23.9. The Morgan fingerprint density at radius 1 is 1.18 bits per heavy atom. The molecule has 0 saturated heterocycles. The first-order chi connectivity index (χ1) is 18.2. The lowest BCUT2D eigenvalue weighted by Gasteiger charge is -2.20. The number of rotatable bonds is 9. The number of carbonyl (C=O) groups is 1. The van der Waals surface area contributed by atoms with Crippen LogP contribution in [0.25, 0.3) is 11.2 Å². The highest BCUT2D eigenvalue weighted by molar-refractivity contribution is 7.99. The van der Waals surface area contributed by atoms with Crippen LogP contribution in [0.15, 0.2) is 23.4 Å². The fourth-order valence-corrected chi connectivity index (χ4v) is 5.90. The van der Waals surface area contributed by atoms with Crippen LogP contribution in [0.1, 0.15) is 50.6 Å². The van der Waals surface area contributed by atoms with Gasteiger partial charge in [-0.2, -0.15) is 0 Å². The number of nitrogens with zero attached hydrogens (tertiary/aromatic N) is 6. The van der Waals surface area contributed by atoms with Crippen molar-refractivity contribution in [3.8, 4) is 0 Å². The summed E-state index contributed by atoms with van der Waals surface area (Å²) in [6.45, 7) is 4.26. The smallest absolute Gasteiger partial charge is 0.225 e. The van der Waals surface area contributed by atoms with Crippen LogP contribution in [-0.2, 0) is 4.79 Å². The zero-order chi connectivity index (χ0) is 27.1. The van der Waals surface area contributed by atoms with E-state index < -0.39 is 35.8 Å². The van der Waals surface area contributed by atoms with Gasteiger partial charge in [-0.15, -0.1) is 5.10 Å². The van der Waals surface area contributed by atoms with E-state index in [4.69, 9.17) is 4.98 Å². The van der Waals surface area contributed by atoms with E-state index in [-0.39, 0.29) is 24.3 Å². The van der Waals surface area contributed by atoms with E-state index in [1.54, 1.807) is 13.0 Å². The molecule has 2 aromatic heterocycles. The quantitative estimate of drug-likeness (QED) is 0.273. The Morgan fingerprint density at radius 2 is 1.97 bits per heavy atom. The Balaban J connectivity index is 1.48. The summed E-state index contributed by atoms with van der Waals surface area (Å²) in [7, 11) is 1.87. The second-order valence-electron chi connectivity index (χ2n) is 9.86. The average molecular weight is 548 g/mol. The molecule has 38 heavy (non-hydrogen) atoms. The lowest BCUT2D eigenvalue weighted by molar-refractivity contribution is -0.128. The SMILES string of the molecule is CCCSc1nc(N(C)C2CC2c2ccc(F)c(F)c2)c2nnn([C@@H]3C[C@@H](C(=O)NCC)[C@H](O)[C@@H]3O)c2n1. The lowest BCUT2D eigenvalue weighted by Crippen LogP contribution is -2.38. The number of fused-ring (bicyclic) bond motifs is 1. The van der Waals surface area contributed by atoms with Crippen molar-refractivity contribution in [3.05, 3.63) is 35.4 Å². The molecule has 2 saturated carbocycles. The molecule has 1 aromatic carbocycles. The highest BCUT2D eigenvalue weighted by atomic mass is 32.2. The third-order valence-electron chi connectivity index (χ3n) is 7.33. The van der Waals surface area contributed by atoms with Crippen molar-refractivity contribution in [2.24, 2.45) is 5.92 Å². The molecule has 6 atom stereocenters. The molecule has 0 spiro atoms. The summed E-state index contributed by atoms with van der Waals surface area (Å²) in [6.07, 6.45) is -0.638. The monoisotopic (exact) mass is 547 g/mol. The summed E-state index contributed by atoms with van der Waals surface area (Å²) in [5, 5.41) is 33.3. The first-order valence-electron chi connectivity index (χ1n) is 12.8. The number of aliphatic hydroxyl groups is 2. The standard InChI is InChI=1S/C25H31F2N7O3S/c1-4-8-38-25-29-22(33(3)17-10-13(17)12-6-7-15(26)16(27)9-12)19-23(30-25)34(32-31-19)18-11-14(20(35)21(18)36)24(37)28-5-2/h6-7,9,13-14,17-18,20-21,35-36H,4-5,8,10-11H2,1-3H3,(H,28,37)/t13?,14-,17?,18-,20+,21-/m1/s1. The van der Waals surface area contributed by atoms with E-state index in [0.29, 0.717) is 28.7 Å². The highest BCUT2D eigenvalue weighted by Gasteiger charge is 2.47. The van der Waals surface area contributed by atoms with Gasteiger partial charge in [0.05, 0.1) is 18.1 Å². The second kappa shape index (κ2) is 10.7. The molecular formula is C25H31F2N7O3S. The number of likely N-dealkylation sites (N-methyl/N-ethyl adjacent to an activating group) is 1. The maximum absolute atomic E-state index is 13.8. The lowest BCUT2D eigenvalue weighted by atomic mass is 10.0. The Kier molecular flexibility index (Phi) is 7.51. The molecular weight excluding hydrogens is 516 g/mol. The largest absolute Gasteiger partial charge is 0.390 e. The number of hydrogen-bond acceptors (Lipinski definition) is 9. The molecule has 1 amide bonds. The Bertz CT molecular complexity index is 1340. The molecule has 2 aliphatic carbocycles. The third-order valence-corrected chi connectivity index (χ3v) is 8.39. The van der Waals surface area contributed by atoms with Gasteiger partial charge in [-0.05, 0) is 43.9 Å². The van der Waals surface area contributed by atoms with Gasteiger partial charge in [-0.25, -0.2) is 23.4 Å². The van der Waals surface area contributed by atoms with Crippen LogP contribution in [0.2, 0.25) is 0 Å². The molecule has 2 fully saturated rings. The van der Waals surface area contributed by atoms with Crippen LogP contribution in [0.5, 0.6) is 0 Å². The zero-order valence-electron chi connectivity index (χ0n) is 21.4. The number of aliphatic hydroxyl groups excluding tert-OH is 2. The van der Waals surface area contributed by atoms with E-state index in [9.17, 15) is 23.8 Å². The number of aromatic nitrogens is 5. The summed E-state index contributed by atoms with van der Waals surface area (Å²) in [5.41, 5.74) is 1.54. The minimum atomic E-state index is -1.24. The Hall–Kier alpha value is -2.90. The molecule has 2 unspecified atom stereocenters. The van der Waals surface area contributed by atoms with Crippen molar-refractivity contribution in [1.29, 1.82) is 0 Å². The number of anilines is 1. The summed E-state index contributed by atoms with van der Waals surface area (Å²) in [6, 6.07) is 3.27. The minimum absolute atomic E-state index is 0.00606. The molecule has 3 N–H and O–H groups in total. The van der Waals surface area contributed by atoms with E-state index >= 15 is 0 Å². The topological polar surface area (TPSA) is 129 Å². The van der Waals surface area contributed by atoms with Crippen molar-refractivity contribution in [2.45, 2.75) is 68.5 Å². The fraction of sp³-hybridized carbons (Fsp3) is 0.560. The predicted molar refractivity (Wildman–Crippen MR) is 138 cm³/mol. The van der Waals surface area contributed by atoms with Gasteiger partial charge >= 0.3 is 0 Å². The van der Waals surface area contributed by atoms with Gasteiger partial charge < -0.3 is 20.4 Å². The number of hydrogen-bond donors (Lipinski definition) is 3. The zero-order valence-corrected chi connectivity index (χ0v) is 22.2. The number of amides is 1. The number of carbonyl (C=O) groups excluding carboxylic acids is 1. The van der Waals surface area contributed by atoms with Gasteiger partial charge in [0.15, 0.2) is 33.8 Å². The van der Waals surface area contributed by atoms with Crippen molar-refractivity contribution >= 4 is 34.7 Å². The van der Waals surface area contributed by atoms with E-state index in [1.807, 2.05) is 11.9 Å². The predicted octanol–water partition coefficient (Wildman–Crippen LogP) is 2.41. The molecule has 10 nitrogen and oxygen atoms in total. The maximum Gasteiger partial charge on any atom is 0.225 e. The van der Waals surface area contributed by atoms with Crippen LogP contribution in [0.4, 0.5) is 14.6 Å². The summed E-state index contributed by atoms with van der Waals surface area (Å²) >= 11 is 1.48. The molecule has 2 heterocycles. The molecule has 2 aliphatic rings. The average Bonchev–Trinajstić information content (AvgIpc) is 3.51. The van der Waals surface area contributed by atoms with Crippen molar-refractivity contribution < 1.29 is 23.8 Å². The number of thioether (sulfide) groups is 1. The van der Waals surface area contributed by atoms with Gasteiger partial charge in [0.25, 0.3) is 0 Å². The highest BCUT2D eigenvalue weighted by Crippen LogP contribution is 2.47. The maximum atomic E-state index is 13.8. The minimum Gasteiger partial charge on any atom is -0.390 e. The second-order valence-corrected chi connectivity index (χ2v) is 10.9. The van der Waals surface area contributed by atoms with Crippen LogP contribution in [0.3, 0.4) is 0 Å². The van der Waals surface area contributed by atoms with Gasteiger partial charge in [-0.1, -0.05) is 30.0 Å². The van der Waals surface area contributed by atoms with Crippen LogP contribution >= 0.6 is 11.8 Å². The van der Waals surface area contributed by atoms with Crippen molar-refractivity contribution in [1.82, 2.24) is 30.3 Å². The van der Waals surface area contributed by atoms with Crippen LogP contribution in [0, 0.1) is 17.6 Å². The van der Waals surface area contributed by atoms with Crippen LogP contribution in [-0.4, -0.2) is 78.7 Å². The third kappa shape index (κ3) is 4.82. The molecule has 5 rings (SSSR count). The summed E-state index contributed by atoms with van der Waals surface area (Å²) < 4.78 is 28.8. The van der Waals surface area contributed by atoms with E-state index in [2.05, 4.69) is 27.5 Å². The van der Waals surface area contributed by atoms with Gasteiger partial charge in [-0.3, -0.25) is 4.79 Å². The molecule has 0 bridgehead atoms. The molecule has 0 aliphatic heterocycles. The number of halogens is 2. The van der Waals surface area contributed by atoms with Gasteiger partial charge in [0.1, 0.15) is 6.10 Å². The van der Waals surface area contributed by atoms with E-state index in [0.717, 1.165) is 30.2 Å². The molecule has 0 radical (unpaired) electrons. The van der Waals surface area contributed by atoms with Crippen molar-refractivity contribution in [2.75, 3.05) is 24.2 Å². The molecule has 204 valence electrons. The first kappa shape index (κ1) is 26.7. The Morgan fingerprint density at radius 3 is 2.68 bits per heavy atom. The molecule has 13 heteroatoms. The fourth-order valence-electron chi connectivity index (χ4n) is 5.21. The number of benzene rings is 1. The van der Waals surface area contributed by atoms with Gasteiger partial charge in [0, 0.05) is 31.3 Å². The van der Waals surface area contributed by atoms with Crippen LogP contribution < -0.4 is 10.2 Å². The van der Waals surface area contributed by atoms with E-state index in [1.165, 1.54) is 22.5 Å². The molecule has 3 aromatic rings. The normalized spacial score (nSPS) is 26.6. The number of nitrogens with one attached hydrogen (secondary N) is 1. The Labute approximate surface area is 222 Å². The first-order valence-corrected chi connectivity index (χ1v) is 13.8. The van der Waals surface area contributed by atoms with Crippen molar-refractivity contribution in [3.63, 3.8) is 0 Å². The van der Waals surface area contributed by atoms with Gasteiger partial charge in [0.2, 0.25) is 5.91 Å².